The van der Waals surface area contributed by atoms with Crippen molar-refractivity contribution in [2.75, 3.05) is 59.4 Å². The zero-order valence-electron chi connectivity index (χ0n) is 33.8. The van der Waals surface area contributed by atoms with Gasteiger partial charge in [-0.2, -0.15) is 0 Å². The van der Waals surface area contributed by atoms with Gasteiger partial charge in [0.1, 0.15) is 17.5 Å². The summed E-state index contributed by atoms with van der Waals surface area (Å²) in [7, 11) is 8.98. The van der Waals surface area contributed by atoms with Crippen molar-refractivity contribution < 1.29 is 28.7 Å². The van der Waals surface area contributed by atoms with Crippen molar-refractivity contribution >= 4 is 50.7 Å². The number of carbonyl (C=O) groups excluding carboxylic acids is 4. The SMILES string of the molecule is COc1cc(-c2cn(C)c(=O)c3cc(C(=O)NC4CCN(C5CCN(c6ccc7c(c6)C(=O)N(C6CCC(=O)NC6=O)C7)CC5)CC4)sc23)cc(OC)c1CN(C)C. The average Bonchev–Trinajstić information content (AvgIpc) is 3.81. The number of thiophene rings is 1. The molecule has 4 aromatic rings. The van der Waals surface area contributed by atoms with E-state index in [0.717, 1.165) is 84.5 Å². The number of benzene rings is 2. The van der Waals surface area contributed by atoms with Gasteiger partial charge in [-0.1, -0.05) is 6.07 Å². The molecule has 2 aromatic heterocycles. The Morgan fingerprint density at radius 2 is 1.62 bits per heavy atom. The van der Waals surface area contributed by atoms with E-state index in [9.17, 15) is 24.0 Å². The van der Waals surface area contributed by atoms with Crippen LogP contribution in [0.3, 0.4) is 0 Å². The average molecular weight is 810 g/mol. The number of aryl methyl sites for hydroxylation is 1. The topological polar surface area (TPSA) is 146 Å². The number of pyridine rings is 1. The van der Waals surface area contributed by atoms with Gasteiger partial charge in [0.2, 0.25) is 11.8 Å². The standard InChI is InChI=1S/C43H51N7O7S/c1-46(2)23-33-35(56-4)18-26(19-36(33)57-5)32-24-47(3)42(54)31-21-37(58-39(31)32)41(53)44-27-10-14-48(15-11-27)28-12-16-49(17-13-28)29-7-6-25-22-50(43(55)30(25)20-29)34-8-9-38(51)45-40(34)52/h6-7,18-21,24,27-28,34H,8-17,22-23H2,1-5H3,(H,44,53)(H,45,51,52). The molecule has 2 N–H and O–H groups in total. The van der Waals surface area contributed by atoms with Gasteiger partial charge in [-0.25, -0.2) is 0 Å². The van der Waals surface area contributed by atoms with E-state index in [1.54, 1.807) is 36.8 Å². The zero-order chi connectivity index (χ0) is 40.8. The number of fused-ring (bicyclic) bond motifs is 2. The van der Waals surface area contributed by atoms with Gasteiger partial charge in [-0.05, 0) is 87.7 Å². The first kappa shape index (κ1) is 39.6. The lowest BCUT2D eigenvalue weighted by molar-refractivity contribution is -0.136. The quantitative estimate of drug-likeness (QED) is 0.226. The van der Waals surface area contributed by atoms with Crippen LogP contribution in [0.15, 0.2) is 47.4 Å². The van der Waals surface area contributed by atoms with Crippen LogP contribution in [0.1, 0.15) is 69.7 Å². The number of rotatable bonds is 10. The van der Waals surface area contributed by atoms with E-state index >= 15 is 0 Å². The molecule has 0 aliphatic carbocycles. The predicted octanol–water partition coefficient (Wildman–Crippen LogP) is 3.97. The van der Waals surface area contributed by atoms with Crippen LogP contribution in [-0.2, 0) is 29.7 Å². The molecule has 8 rings (SSSR count). The van der Waals surface area contributed by atoms with Gasteiger partial charge in [0.15, 0.2) is 0 Å². The van der Waals surface area contributed by atoms with Crippen LogP contribution >= 0.6 is 11.3 Å². The van der Waals surface area contributed by atoms with E-state index in [4.69, 9.17) is 9.47 Å². The number of amides is 4. The minimum Gasteiger partial charge on any atom is -0.496 e. The number of carbonyl (C=O) groups is 4. The molecule has 4 amide bonds. The van der Waals surface area contributed by atoms with E-state index in [0.29, 0.717) is 52.9 Å². The second-order valence-electron chi connectivity index (χ2n) is 16.2. The molecule has 0 bridgehead atoms. The number of imide groups is 1. The highest BCUT2D eigenvalue weighted by molar-refractivity contribution is 7.21. The fourth-order valence-corrected chi connectivity index (χ4v) is 10.2. The highest BCUT2D eigenvalue weighted by atomic mass is 32.1. The number of piperidine rings is 3. The molecular weight excluding hydrogens is 759 g/mol. The molecule has 1 atom stereocenters. The van der Waals surface area contributed by atoms with Gasteiger partial charge in [0, 0.05) is 92.5 Å². The molecule has 3 saturated heterocycles. The number of anilines is 1. The molecule has 2 aromatic carbocycles. The van der Waals surface area contributed by atoms with Gasteiger partial charge in [0.25, 0.3) is 17.4 Å². The van der Waals surface area contributed by atoms with Crippen molar-refractivity contribution in [1.29, 1.82) is 0 Å². The summed E-state index contributed by atoms with van der Waals surface area (Å²) in [6.07, 6.45) is 6.10. The Labute approximate surface area is 341 Å². The number of aromatic nitrogens is 1. The molecule has 4 aliphatic rings. The van der Waals surface area contributed by atoms with E-state index < -0.39 is 11.9 Å². The van der Waals surface area contributed by atoms with Crippen LogP contribution < -0.4 is 30.6 Å². The molecule has 15 heteroatoms. The Balaban J connectivity index is 0.878. The van der Waals surface area contributed by atoms with Crippen LogP contribution in [0.2, 0.25) is 0 Å². The number of nitrogens with zero attached hydrogens (tertiary/aromatic N) is 5. The molecule has 0 saturated carbocycles. The lowest BCUT2D eigenvalue weighted by Gasteiger charge is -2.42. The third-order valence-electron chi connectivity index (χ3n) is 12.2. The molecular formula is C43H51N7O7S. The van der Waals surface area contributed by atoms with Crippen molar-refractivity contribution in [3.05, 3.63) is 74.5 Å². The second-order valence-corrected chi connectivity index (χ2v) is 17.2. The van der Waals surface area contributed by atoms with Crippen molar-refractivity contribution in [3.8, 4) is 22.6 Å². The van der Waals surface area contributed by atoms with E-state index in [1.807, 2.05) is 49.5 Å². The Morgan fingerprint density at radius 3 is 2.28 bits per heavy atom. The van der Waals surface area contributed by atoms with Gasteiger partial charge in [0.05, 0.1) is 30.0 Å². The fourth-order valence-electron chi connectivity index (χ4n) is 9.07. The number of methoxy groups -OCH3 is 2. The van der Waals surface area contributed by atoms with Gasteiger partial charge in [-0.15, -0.1) is 11.3 Å². The summed E-state index contributed by atoms with van der Waals surface area (Å²) in [5.41, 5.74) is 5.00. The summed E-state index contributed by atoms with van der Waals surface area (Å²) >= 11 is 1.34. The second kappa shape index (κ2) is 16.2. The first-order chi connectivity index (χ1) is 27.9. The maximum absolute atomic E-state index is 13.7. The third kappa shape index (κ3) is 7.58. The lowest BCUT2D eigenvalue weighted by atomic mass is 9.97. The molecule has 4 aliphatic heterocycles. The van der Waals surface area contributed by atoms with E-state index in [2.05, 4.69) is 26.5 Å². The minimum atomic E-state index is -0.619. The van der Waals surface area contributed by atoms with Crippen LogP contribution in [0.5, 0.6) is 11.5 Å². The zero-order valence-corrected chi connectivity index (χ0v) is 34.6. The highest BCUT2D eigenvalue weighted by Crippen LogP contribution is 2.40. The summed E-state index contributed by atoms with van der Waals surface area (Å²) in [6.45, 7) is 4.54. The molecule has 14 nitrogen and oxygen atoms in total. The highest BCUT2D eigenvalue weighted by Gasteiger charge is 2.39. The monoisotopic (exact) mass is 809 g/mol. The number of ether oxygens (including phenoxy) is 2. The summed E-state index contributed by atoms with van der Waals surface area (Å²) in [5, 5.41) is 6.15. The molecule has 3 fully saturated rings. The summed E-state index contributed by atoms with van der Waals surface area (Å²) in [6, 6.07) is 11.6. The molecule has 0 spiro atoms. The Hall–Kier alpha value is -5.25. The van der Waals surface area contributed by atoms with Crippen molar-refractivity contribution in [2.45, 2.75) is 69.7 Å². The predicted molar refractivity (Wildman–Crippen MR) is 223 cm³/mol. The fraction of sp³-hybridized carbons (Fsp3) is 0.465. The molecule has 58 heavy (non-hydrogen) atoms. The molecule has 6 heterocycles. The van der Waals surface area contributed by atoms with E-state index in [1.165, 1.54) is 11.3 Å². The largest absolute Gasteiger partial charge is 0.496 e. The molecule has 0 radical (unpaired) electrons. The Bertz CT molecular complexity index is 2310. The lowest BCUT2D eigenvalue weighted by Crippen LogP contribution is -2.52. The van der Waals surface area contributed by atoms with Crippen molar-refractivity contribution in [2.24, 2.45) is 7.05 Å². The first-order valence-electron chi connectivity index (χ1n) is 20.0. The van der Waals surface area contributed by atoms with Crippen molar-refractivity contribution in [3.63, 3.8) is 0 Å². The smallest absolute Gasteiger partial charge is 0.261 e. The molecule has 306 valence electrons. The van der Waals surface area contributed by atoms with Gasteiger partial charge in [-0.3, -0.25) is 29.3 Å². The number of likely N-dealkylation sites (tertiary alicyclic amines) is 1. The first-order valence-corrected chi connectivity index (χ1v) is 20.8. The van der Waals surface area contributed by atoms with Crippen LogP contribution in [0.4, 0.5) is 5.69 Å². The summed E-state index contributed by atoms with van der Waals surface area (Å²) in [5.74, 6) is 0.380. The van der Waals surface area contributed by atoms with Gasteiger partial charge >= 0.3 is 0 Å². The maximum atomic E-state index is 13.7. The van der Waals surface area contributed by atoms with Crippen LogP contribution in [0.25, 0.3) is 21.2 Å². The summed E-state index contributed by atoms with van der Waals surface area (Å²) < 4.78 is 13.9. The molecule has 1 unspecified atom stereocenters. The third-order valence-corrected chi connectivity index (χ3v) is 13.4. The van der Waals surface area contributed by atoms with Crippen LogP contribution in [-0.4, -0.2) is 116 Å². The van der Waals surface area contributed by atoms with Crippen molar-refractivity contribution in [1.82, 2.24) is 29.9 Å². The number of hydrogen-bond donors (Lipinski definition) is 2. The van der Waals surface area contributed by atoms with Crippen LogP contribution in [0, 0.1) is 0 Å². The Kier molecular flexibility index (Phi) is 11.0. The maximum Gasteiger partial charge on any atom is 0.261 e. The number of nitrogens with one attached hydrogen (secondary N) is 2. The Morgan fingerprint density at radius 1 is 0.914 bits per heavy atom. The minimum absolute atomic E-state index is 0.0396. The van der Waals surface area contributed by atoms with Gasteiger partial charge < -0.3 is 39.0 Å². The summed E-state index contributed by atoms with van der Waals surface area (Å²) in [4.78, 5) is 73.6. The van der Waals surface area contributed by atoms with E-state index in [-0.39, 0.29) is 35.7 Å². The number of hydrogen-bond acceptors (Lipinski definition) is 11. The normalized spacial score (nSPS) is 19.6.